The molecule has 97 heavy (non-hydrogen) atoms. The topological polar surface area (TPSA) is 307 Å². The Hall–Kier alpha value is -2.25. The fourth-order valence-corrected chi connectivity index (χ4v) is 13.3. The molecule has 3 aliphatic heterocycles. The summed E-state index contributed by atoms with van der Waals surface area (Å²) in [6, 6.07) is -0.975. The first kappa shape index (κ1) is 89.0. The van der Waals surface area contributed by atoms with Gasteiger partial charge in [0, 0.05) is 6.42 Å². The van der Waals surface area contributed by atoms with E-state index in [1.165, 1.54) is 225 Å². The number of rotatable bonds is 62. The first-order chi connectivity index (χ1) is 47.3. The molecule has 17 unspecified atom stereocenters. The summed E-state index contributed by atoms with van der Waals surface area (Å²) in [5.74, 6) is -0.272. The molecule has 1 amide bonds. The lowest BCUT2D eigenvalue weighted by molar-refractivity contribution is -0.379. The third-order valence-electron chi connectivity index (χ3n) is 19.6. The Morgan fingerprint density at radius 1 is 0.371 bits per heavy atom. The van der Waals surface area contributed by atoms with Crippen LogP contribution in [0.1, 0.15) is 309 Å². The Bertz CT molecular complexity index is 1940. The van der Waals surface area contributed by atoms with Crippen molar-refractivity contribution in [1.82, 2.24) is 5.32 Å². The molecule has 3 heterocycles. The van der Waals surface area contributed by atoms with Gasteiger partial charge in [-0.25, -0.2) is 0 Å². The zero-order valence-electron chi connectivity index (χ0n) is 60.6. The Balaban J connectivity index is 1.38. The van der Waals surface area contributed by atoms with Crippen LogP contribution in [-0.4, -0.2) is 193 Å². The fraction of sp³-hybridized carbons (Fsp3) is 0.885. The highest BCUT2D eigenvalue weighted by Gasteiger charge is 2.53. The highest BCUT2D eigenvalue weighted by molar-refractivity contribution is 5.76. The van der Waals surface area contributed by atoms with Crippen LogP contribution in [0.5, 0.6) is 0 Å². The molecule has 0 radical (unpaired) electrons. The van der Waals surface area contributed by atoms with E-state index in [0.29, 0.717) is 6.42 Å². The molecular formula is C78H143NO18. The molecule has 0 saturated carbocycles. The molecule has 0 bridgehead atoms. The van der Waals surface area contributed by atoms with Gasteiger partial charge in [-0.15, -0.1) is 0 Å². The SMILES string of the molecule is CCCCCCC/C=C\C/C=C\C/C=C\CCCCCCCCCCCCCCCCCCC(=O)NC(COC1OC(CO)C(OC2OC(CO)C(OC3OC(CO)C(O)C(O)C3O)C(O)C2O)C(O)C1O)C(O)/C=C/CCCCCCCCCCCCCCCCCCCCC. The lowest BCUT2D eigenvalue weighted by Crippen LogP contribution is -2.66. The molecule has 0 aliphatic carbocycles. The van der Waals surface area contributed by atoms with Gasteiger partial charge in [0.05, 0.1) is 38.6 Å². The summed E-state index contributed by atoms with van der Waals surface area (Å²) in [7, 11) is 0. The Morgan fingerprint density at radius 2 is 0.680 bits per heavy atom. The van der Waals surface area contributed by atoms with Gasteiger partial charge in [0.15, 0.2) is 18.9 Å². The van der Waals surface area contributed by atoms with Crippen LogP contribution in [0.25, 0.3) is 0 Å². The molecule has 3 saturated heterocycles. The summed E-state index contributed by atoms with van der Waals surface area (Å²) in [5.41, 5.74) is 0. The number of hydrogen-bond donors (Lipinski definition) is 12. The van der Waals surface area contributed by atoms with Gasteiger partial charge < -0.3 is 89.9 Å². The molecule has 3 fully saturated rings. The second-order valence-electron chi connectivity index (χ2n) is 28.2. The van der Waals surface area contributed by atoms with Crippen molar-refractivity contribution in [3.8, 4) is 0 Å². The van der Waals surface area contributed by atoms with Crippen LogP contribution in [0, 0.1) is 0 Å². The summed E-state index contributed by atoms with van der Waals surface area (Å²) in [5, 5.41) is 121. The minimum Gasteiger partial charge on any atom is -0.394 e. The molecule has 19 nitrogen and oxygen atoms in total. The molecule has 568 valence electrons. The number of ether oxygens (including phenoxy) is 6. The molecule has 12 N–H and O–H groups in total. The summed E-state index contributed by atoms with van der Waals surface area (Å²) in [6.45, 7) is 1.76. The highest BCUT2D eigenvalue weighted by Crippen LogP contribution is 2.33. The van der Waals surface area contributed by atoms with E-state index in [2.05, 4.69) is 55.6 Å². The van der Waals surface area contributed by atoms with Crippen LogP contribution >= 0.6 is 0 Å². The number of nitrogens with one attached hydrogen (secondary N) is 1. The number of hydrogen-bond acceptors (Lipinski definition) is 18. The van der Waals surface area contributed by atoms with Gasteiger partial charge in [0.25, 0.3) is 0 Å². The van der Waals surface area contributed by atoms with Gasteiger partial charge in [-0.1, -0.05) is 294 Å². The van der Waals surface area contributed by atoms with Crippen LogP contribution in [0.3, 0.4) is 0 Å². The fourth-order valence-electron chi connectivity index (χ4n) is 13.3. The lowest BCUT2D eigenvalue weighted by Gasteiger charge is -2.48. The Labute approximate surface area is 586 Å². The summed E-state index contributed by atoms with van der Waals surface area (Å²) in [4.78, 5) is 13.5. The van der Waals surface area contributed by atoms with Gasteiger partial charge >= 0.3 is 0 Å². The van der Waals surface area contributed by atoms with E-state index < -0.39 is 124 Å². The van der Waals surface area contributed by atoms with Crippen molar-refractivity contribution in [3.63, 3.8) is 0 Å². The number of aliphatic hydroxyl groups excluding tert-OH is 11. The van der Waals surface area contributed by atoms with Crippen molar-refractivity contribution in [1.29, 1.82) is 0 Å². The van der Waals surface area contributed by atoms with Crippen LogP contribution < -0.4 is 5.32 Å². The van der Waals surface area contributed by atoms with E-state index in [9.17, 15) is 61.0 Å². The smallest absolute Gasteiger partial charge is 0.220 e. The minimum absolute atomic E-state index is 0.244. The van der Waals surface area contributed by atoms with Crippen molar-refractivity contribution in [3.05, 3.63) is 48.6 Å². The third kappa shape index (κ3) is 39.8. The Morgan fingerprint density at radius 3 is 1.06 bits per heavy atom. The molecule has 3 rings (SSSR count). The first-order valence-electron chi connectivity index (χ1n) is 39.4. The summed E-state index contributed by atoms with van der Waals surface area (Å²) < 4.78 is 34.4. The van der Waals surface area contributed by atoms with Gasteiger partial charge in [-0.05, 0) is 57.8 Å². The molecule has 0 spiro atoms. The standard InChI is InChI=1S/C78H143NO18/c1-3-5-7-9-11-13-15-17-19-21-23-25-26-27-28-29-30-31-32-33-34-36-38-40-42-44-46-48-50-52-54-56-66(84)79-61(62(83)55-53-51-49-47-45-43-41-39-37-35-24-22-20-18-16-14-12-10-8-6-4-2)60-92-76-72(90)69(87)74(64(58-81)94-76)97-78-73(91)70(88)75(65(59-82)95-78)96-77-71(89)68(86)67(85)63(57-80)93-77/h15,17,21,23,26-27,53,55,61-65,67-78,80-83,85-91H,3-14,16,18-20,22,24-25,28-52,54,56-60H2,1-2H3,(H,79,84)/b17-15-,23-21-,27-26-,55-53+. The van der Waals surface area contributed by atoms with Crippen molar-refractivity contribution >= 4 is 5.91 Å². The monoisotopic (exact) mass is 1380 g/mol. The number of carbonyl (C=O) groups is 1. The van der Waals surface area contributed by atoms with Crippen LogP contribution in [0.4, 0.5) is 0 Å². The highest BCUT2D eigenvalue weighted by atomic mass is 16.8. The predicted octanol–water partition coefficient (Wildman–Crippen LogP) is 12.5. The Kier molecular flexibility index (Phi) is 54.3. The summed E-state index contributed by atoms with van der Waals surface area (Å²) >= 11 is 0. The average Bonchev–Trinajstić information content (AvgIpc) is 0.798. The van der Waals surface area contributed by atoms with E-state index >= 15 is 0 Å². The maximum atomic E-state index is 13.5. The van der Waals surface area contributed by atoms with Gasteiger partial charge in [0.2, 0.25) is 5.91 Å². The van der Waals surface area contributed by atoms with E-state index in [0.717, 1.165) is 57.8 Å². The second kappa shape index (κ2) is 59.2. The van der Waals surface area contributed by atoms with Crippen LogP contribution in [0.15, 0.2) is 48.6 Å². The molecule has 3 aliphatic rings. The average molecular weight is 1380 g/mol. The van der Waals surface area contributed by atoms with Crippen molar-refractivity contribution in [2.75, 3.05) is 26.4 Å². The van der Waals surface area contributed by atoms with Gasteiger partial charge in [0.1, 0.15) is 73.2 Å². The van der Waals surface area contributed by atoms with Crippen molar-refractivity contribution in [2.24, 2.45) is 0 Å². The molecule has 0 aromatic heterocycles. The number of carbonyl (C=O) groups excluding carboxylic acids is 1. The predicted molar refractivity (Wildman–Crippen MR) is 383 cm³/mol. The van der Waals surface area contributed by atoms with Gasteiger partial charge in [-0.2, -0.15) is 0 Å². The maximum absolute atomic E-state index is 13.5. The molecule has 17 atom stereocenters. The molecule has 0 aromatic rings. The first-order valence-corrected chi connectivity index (χ1v) is 39.4. The minimum atomic E-state index is -1.98. The van der Waals surface area contributed by atoms with Crippen molar-refractivity contribution < 1.29 is 89.4 Å². The second-order valence-corrected chi connectivity index (χ2v) is 28.2. The zero-order chi connectivity index (χ0) is 70.4. The zero-order valence-corrected chi connectivity index (χ0v) is 60.6. The summed E-state index contributed by atoms with van der Waals surface area (Å²) in [6.07, 6.45) is 46.6. The van der Waals surface area contributed by atoms with Gasteiger partial charge in [-0.3, -0.25) is 4.79 Å². The molecule has 0 aromatic carbocycles. The molecule has 19 heteroatoms. The van der Waals surface area contributed by atoms with Crippen LogP contribution in [-0.2, 0) is 33.2 Å². The van der Waals surface area contributed by atoms with E-state index in [-0.39, 0.29) is 18.9 Å². The maximum Gasteiger partial charge on any atom is 0.220 e. The quantitative estimate of drug-likeness (QED) is 0.0199. The number of aliphatic hydroxyl groups is 11. The number of unbranched alkanes of at least 4 members (excludes halogenated alkanes) is 40. The van der Waals surface area contributed by atoms with E-state index in [1.807, 2.05) is 6.08 Å². The van der Waals surface area contributed by atoms with Crippen molar-refractivity contribution in [2.45, 2.75) is 413 Å². The van der Waals surface area contributed by atoms with E-state index in [4.69, 9.17) is 28.4 Å². The largest absolute Gasteiger partial charge is 0.394 e. The lowest BCUT2D eigenvalue weighted by atomic mass is 9.96. The number of allylic oxidation sites excluding steroid dienone is 7. The third-order valence-corrected chi connectivity index (χ3v) is 19.6. The molecular weight excluding hydrogens is 1240 g/mol. The van der Waals surface area contributed by atoms with Crippen LogP contribution in [0.2, 0.25) is 0 Å². The number of amides is 1. The normalized spacial score (nSPS) is 27.1. The van der Waals surface area contributed by atoms with E-state index in [1.54, 1.807) is 6.08 Å².